The molecule has 18 heavy (non-hydrogen) atoms. The fourth-order valence-corrected chi connectivity index (χ4v) is 3.01. The minimum absolute atomic E-state index is 0.106. The first-order valence-corrected chi connectivity index (χ1v) is 6.81. The molecule has 0 aliphatic rings. The van der Waals surface area contributed by atoms with Gasteiger partial charge in [0.2, 0.25) is 0 Å². The van der Waals surface area contributed by atoms with Crippen LogP contribution in [0.2, 0.25) is 0 Å². The third-order valence-electron chi connectivity index (χ3n) is 2.29. The van der Waals surface area contributed by atoms with E-state index in [1.807, 2.05) is 25.1 Å². The summed E-state index contributed by atoms with van der Waals surface area (Å²) < 4.78 is 0.969. The van der Waals surface area contributed by atoms with E-state index in [-0.39, 0.29) is 5.69 Å². The van der Waals surface area contributed by atoms with Gasteiger partial charge < -0.3 is 10.4 Å². The van der Waals surface area contributed by atoms with E-state index >= 15 is 0 Å². The number of nitrogens with zero attached hydrogens (tertiary/aromatic N) is 1. The first-order chi connectivity index (χ1) is 8.45. The second-order valence-electron chi connectivity index (χ2n) is 3.87. The predicted octanol–water partition coefficient (Wildman–Crippen LogP) is 3.96. The van der Waals surface area contributed by atoms with Crippen LogP contribution in [-0.2, 0) is 0 Å². The fourth-order valence-electron chi connectivity index (χ4n) is 1.58. The largest absolute Gasteiger partial charge is 0.476 e. The van der Waals surface area contributed by atoms with E-state index in [0.717, 1.165) is 15.7 Å². The van der Waals surface area contributed by atoms with Crippen molar-refractivity contribution in [3.05, 3.63) is 38.8 Å². The zero-order valence-electron chi connectivity index (χ0n) is 9.82. The van der Waals surface area contributed by atoms with Crippen molar-refractivity contribution in [2.75, 3.05) is 5.32 Å². The average molecular weight is 327 g/mol. The molecule has 0 amide bonds. The summed E-state index contributed by atoms with van der Waals surface area (Å²) in [4.78, 5) is 15.7. The van der Waals surface area contributed by atoms with Crippen LogP contribution < -0.4 is 5.32 Å². The van der Waals surface area contributed by atoms with Crippen molar-refractivity contribution in [1.82, 2.24) is 4.98 Å². The topological polar surface area (TPSA) is 62.2 Å². The summed E-state index contributed by atoms with van der Waals surface area (Å²) in [7, 11) is 0. The van der Waals surface area contributed by atoms with Crippen LogP contribution in [0.3, 0.4) is 0 Å². The molecule has 0 saturated heterocycles. The lowest BCUT2D eigenvalue weighted by atomic mass is 10.2. The number of halogens is 1. The zero-order valence-corrected chi connectivity index (χ0v) is 12.2. The molecule has 0 atom stereocenters. The van der Waals surface area contributed by atoms with Crippen molar-refractivity contribution in [1.29, 1.82) is 0 Å². The summed E-state index contributed by atoms with van der Waals surface area (Å²) >= 11 is 4.75. The summed E-state index contributed by atoms with van der Waals surface area (Å²) in [6.07, 6.45) is 0. The van der Waals surface area contributed by atoms with Gasteiger partial charge in [0, 0.05) is 15.0 Å². The van der Waals surface area contributed by atoms with Crippen LogP contribution in [0.5, 0.6) is 0 Å². The number of rotatable bonds is 3. The first-order valence-electron chi connectivity index (χ1n) is 5.20. The number of aryl methyl sites for hydroxylation is 2. The lowest BCUT2D eigenvalue weighted by molar-refractivity contribution is 0.0690. The van der Waals surface area contributed by atoms with Gasteiger partial charge in [-0.15, -0.1) is 11.3 Å². The smallest absolute Gasteiger partial charge is 0.355 e. The van der Waals surface area contributed by atoms with Gasteiger partial charge >= 0.3 is 5.97 Å². The molecule has 0 unspecified atom stereocenters. The third-order valence-corrected chi connectivity index (χ3v) is 3.64. The summed E-state index contributed by atoms with van der Waals surface area (Å²) in [6.45, 7) is 3.74. The molecule has 1 aromatic carbocycles. The van der Waals surface area contributed by atoms with E-state index in [2.05, 4.69) is 26.2 Å². The molecule has 0 aliphatic heterocycles. The number of hydrogen-bond donors (Lipinski definition) is 2. The zero-order chi connectivity index (χ0) is 13.3. The lowest BCUT2D eigenvalue weighted by Crippen LogP contribution is -1.99. The standard InChI is InChI=1S/C12H11BrN2O2S/c1-6-3-8(13)5-9(4-6)14-12-15-10(11(16)17)7(2)18-12/h3-5H,1-2H3,(H,14,15)(H,16,17). The minimum Gasteiger partial charge on any atom is -0.476 e. The summed E-state index contributed by atoms with van der Waals surface area (Å²) in [6, 6.07) is 5.90. The van der Waals surface area contributed by atoms with Gasteiger partial charge in [-0.3, -0.25) is 0 Å². The summed E-state index contributed by atoms with van der Waals surface area (Å²) in [5.41, 5.74) is 2.10. The average Bonchev–Trinajstić information content (AvgIpc) is 2.57. The minimum atomic E-state index is -0.998. The molecule has 2 rings (SSSR count). The van der Waals surface area contributed by atoms with Crippen molar-refractivity contribution in [2.24, 2.45) is 0 Å². The highest BCUT2D eigenvalue weighted by atomic mass is 79.9. The SMILES string of the molecule is Cc1cc(Br)cc(Nc2nc(C(=O)O)c(C)s2)c1. The van der Waals surface area contributed by atoms with Gasteiger partial charge in [-0.05, 0) is 37.6 Å². The molecule has 4 nitrogen and oxygen atoms in total. The number of anilines is 2. The Balaban J connectivity index is 2.28. The van der Waals surface area contributed by atoms with Crippen molar-refractivity contribution in [2.45, 2.75) is 13.8 Å². The molecule has 0 bridgehead atoms. The van der Waals surface area contributed by atoms with Gasteiger partial charge in [-0.2, -0.15) is 0 Å². The summed E-state index contributed by atoms with van der Waals surface area (Å²) in [5.74, 6) is -0.998. The van der Waals surface area contributed by atoms with Crippen LogP contribution in [0.4, 0.5) is 10.8 Å². The number of carbonyl (C=O) groups is 1. The Labute approximate surface area is 117 Å². The van der Waals surface area contributed by atoms with Gasteiger partial charge in [0.05, 0.1) is 0 Å². The second-order valence-corrected chi connectivity index (χ2v) is 5.99. The highest BCUT2D eigenvalue weighted by Gasteiger charge is 2.14. The van der Waals surface area contributed by atoms with Crippen LogP contribution in [0.1, 0.15) is 20.9 Å². The molecule has 94 valence electrons. The Hall–Kier alpha value is -1.40. The van der Waals surface area contributed by atoms with Gasteiger partial charge in [0.25, 0.3) is 0 Å². The highest BCUT2D eigenvalue weighted by molar-refractivity contribution is 9.10. The molecule has 0 radical (unpaired) electrons. The first kappa shape index (κ1) is 13.0. The quantitative estimate of drug-likeness (QED) is 0.896. The molecule has 6 heteroatoms. The predicted molar refractivity (Wildman–Crippen MR) is 76.0 cm³/mol. The summed E-state index contributed by atoms with van der Waals surface area (Å²) in [5, 5.41) is 12.6. The number of carboxylic acid groups (broad SMARTS) is 1. The van der Waals surface area contributed by atoms with Crippen LogP contribution >= 0.6 is 27.3 Å². The molecular formula is C12H11BrN2O2S. The number of aromatic nitrogens is 1. The van der Waals surface area contributed by atoms with E-state index in [0.29, 0.717) is 10.0 Å². The third kappa shape index (κ3) is 2.88. The number of nitrogens with one attached hydrogen (secondary N) is 1. The van der Waals surface area contributed by atoms with Crippen LogP contribution in [0, 0.1) is 13.8 Å². The molecule has 0 fully saturated rings. The van der Waals surface area contributed by atoms with Gasteiger partial charge in [0.15, 0.2) is 10.8 Å². The number of hydrogen-bond acceptors (Lipinski definition) is 4. The van der Waals surface area contributed by atoms with Crippen LogP contribution in [0.15, 0.2) is 22.7 Å². The Morgan fingerprint density at radius 3 is 2.67 bits per heavy atom. The van der Waals surface area contributed by atoms with E-state index in [1.165, 1.54) is 11.3 Å². The van der Waals surface area contributed by atoms with Crippen molar-refractivity contribution >= 4 is 44.1 Å². The molecule has 0 saturated carbocycles. The Morgan fingerprint density at radius 1 is 1.39 bits per heavy atom. The molecule has 2 N–H and O–H groups in total. The Bertz CT molecular complexity index is 590. The molecule has 0 aliphatic carbocycles. The number of aromatic carboxylic acids is 1. The van der Waals surface area contributed by atoms with E-state index in [9.17, 15) is 4.79 Å². The van der Waals surface area contributed by atoms with Crippen molar-refractivity contribution in [3.63, 3.8) is 0 Å². The maximum atomic E-state index is 10.9. The highest BCUT2D eigenvalue weighted by Crippen LogP contribution is 2.27. The monoisotopic (exact) mass is 326 g/mol. The fraction of sp³-hybridized carbons (Fsp3) is 0.167. The maximum absolute atomic E-state index is 10.9. The van der Waals surface area contributed by atoms with Crippen LogP contribution in [-0.4, -0.2) is 16.1 Å². The molecule has 1 aromatic heterocycles. The van der Waals surface area contributed by atoms with E-state index < -0.39 is 5.97 Å². The van der Waals surface area contributed by atoms with E-state index in [4.69, 9.17) is 5.11 Å². The van der Waals surface area contributed by atoms with E-state index in [1.54, 1.807) is 6.92 Å². The lowest BCUT2D eigenvalue weighted by Gasteiger charge is -2.04. The van der Waals surface area contributed by atoms with Crippen molar-refractivity contribution in [3.8, 4) is 0 Å². The van der Waals surface area contributed by atoms with Gasteiger partial charge in [-0.1, -0.05) is 15.9 Å². The second kappa shape index (κ2) is 5.07. The van der Waals surface area contributed by atoms with Crippen molar-refractivity contribution < 1.29 is 9.90 Å². The number of benzene rings is 1. The molecule has 2 aromatic rings. The van der Waals surface area contributed by atoms with Crippen LogP contribution in [0.25, 0.3) is 0 Å². The maximum Gasteiger partial charge on any atom is 0.355 e. The van der Waals surface area contributed by atoms with Gasteiger partial charge in [0.1, 0.15) is 0 Å². The number of thiazole rings is 1. The normalized spacial score (nSPS) is 10.4. The van der Waals surface area contributed by atoms with Gasteiger partial charge in [-0.25, -0.2) is 9.78 Å². The Morgan fingerprint density at radius 2 is 2.11 bits per heavy atom. The molecule has 1 heterocycles. The molecular weight excluding hydrogens is 316 g/mol. The molecule has 0 spiro atoms. The number of carboxylic acids is 1. The Kier molecular flexibility index (Phi) is 3.68.